The number of hydrogen-bond donors (Lipinski definition) is 2. The molecule has 2 amide bonds. The highest BCUT2D eigenvalue weighted by Crippen LogP contribution is 2.29. The van der Waals surface area contributed by atoms with Crippen molar-refractivity contribution >= 4 is 50.9 Å². The number of benzene rings is 2. The number of hydrogen-bond acceptors (Lipinski definition) is 4. The largest absolute Gasteiger partial charge is 0.320 e. The Bertz CT molecular complexity index is 621. The van der Waals surface area contributed by atoms with Crippen LogP contribution in [0, 0.1) is 0 Å². The van der Waals surface area contributed by atoms with Gasteiger partial charge in [0.25, 0.3) is 0 Å². The van der Waals surface area contributed by atoms with Crippen LogP contribution in [0.1, 0.15) is 0 Å². The van der Waals surface area contributed by atoms with Crippen molar-refractivity contribution < 1.29 is 9.59 Å². The van der Waals surface area contributed by atoms with E-state index in [-0.39, 0.29) is 0 Å². The number of nitrogens with one attached hydrogen (secondary N) is 2. The third-order valence-electron chi connectivity index (χ3n) is 2.32. The smallest absolute Gasteiger partial charge is 0.318 e. The van der Waals surface area contributed by atoms with Crippen LogP contribution >= 0.6 is 33.4 Å². The predicted molar refractivity (Wildman–Crippen MR) is 88.1 cm³/mol. The van der Waals surface area contributed by atoms with Crippen LogP contribution in [0.25, 0.3) is 0 Å². The van der Waals surface area contributed by atoms with E-state index in [0.29, 0.717) is 10.7 Å². The summed E-state index contributed by atoms with van der Waals surface area (Å²) in [5, 5.41) is 3.16. The first-order chi connectivity index (χ1) is 10.1. The fourth-order valence-electron chi connectivity index (χ4n) is 1.35. The van der Waals surface area contributed by atoms with Crippen LogP contribution in [0.2, 0.25) is 5.02 Å². The summed E-state index contributed by atoms with van der Waals surface area (Å²) >= 11 is 5.78. The quantitative estimate of drug-likeness (QED) is 0.506. The first-order valence-electron chi connectivity index (χ1n) is 5.90. The van der Waals surface area contributed by atoms with Crippen LogP contribution in [0.3, 0.4) is 0 Å². The zero-order chi connectivity index (χ0) is 15.1. The summed E-state index contributed by atoms with van der Waals surface area (Å²) in [6.07, 6.45) is 0. The fourth-order valence-corrected chi connectivity index (χ4v) is 3.01. The van der Waals surface area contributed by atoms with E-state index in [9.17, 15) is 9.59 Å². The van der Waals surface area contributed by atoms with Crippen molar-refractivity contribution in [2.24, 2.45) is 0 Å². The molecule has 0 atom stereocenters. The second-order valence-electron chi connectivity index (χ2n) is 3.87. The summed E-state index contributed by atoms with van der Waals surface area (Å²) < 4.78 is 2.46. The zero-order valence-corrected chi connectivity index (χ0v) is 13.1. The SMILES string of the molecule is O=C(NSSc1ccc(Cl)cc1)C(=O)Nc1ccccc1. The summed E-state index contributed by atoms with van der Waals surface area (Å²) in [5.74, 6) is -1.41. The lowest BCUT2D eigenvalue weighted by molar-refractivity contribution is -0.134. The van der Waals surface area contributed by atoms with Gasteiger partial charge in [0.1, 0.15) is 0 Å². The second kappa shape index (κ2) is 7.97. The maximum atomic E-state index is 11.6. The minimum absolute atomic E-state index is 0.577. The van der Waals surface area contributed by atoms with E-state index in [4.69, 9.17) is 11.6 Å². The summed E-state index contributed by atoms with van der Waals surface area (Å²) in [7, 11) is 2.40. The average Bonchev–Trinajstić information content (AvgIpc) is 2.50. The molecule has 0 saturated carbocycles. The van der Waals surface area contributed by atoms with Gasteiger partial charge in [0.2, 0.25) is 0 Å². The Morgan fingerprint density at radius 2 is 1.57 bits per heavy atom. The molecule has 0 fully saturated rings. The molecule has 7 heteroatoms. The van der Waals surface area contributed by atoms with Gasteiger partial charge in [-0.2, -0.15) is 0 Å². The highest BCUT2D eigenvalue weighted by Gasteiger charge is 2.13. The molecule has 0 radical (unpaired) electrons. The van der Waals surface area contributed by atoms with Crippen LogP contribution in [0.5, 0.6) is 0 Å². The monoisotopic (exact) mass is 338 g/mol. The van der Waals surface area contributed by atoms with Crippen LogP contribution < -0.4 is 10.0 Å². The van der Waals surface area contributed by atoms with Crippen molar-refractivity contribution in [3.63, 3.8) is 0 Å². The van der Waals surface area contributed by atoms with Gasteiger partial charge in [0, 0.05) is 26.6 Å². The molecule has 108 valence electrons. The average molecular weight is 339 g/mol. The topological polar surface area (TPSA) is 58.2 Å². The van der Waals surface area contributed by atoms with E-state index in [2.05, 4.69) is 10.0 Å². The lowest BCUT2D eigenvalue weighted by Gasteiger charge is -2.05. The molecule has 0 unspecified atom stereocenters. The van der Waals surface area contributed by atoms with Gasteiger partial charge in [-0.25, -0.2) is 0 Å². The Kier molecular flexibility index (Phi) is 5.98. The molecule has 0 saturated heterocycles. The minimum atomic E-state index is -0.703. The Labute approximate surface area is 135 Å². The van der Waals surface area contributed by atoms with Gasteiger partial charge in [0.05, 0.1) is 0 Å². The van der Waals surface area contributed by atoms with Gasteiger partial charge < -0.3 is 5.32 Å². The lowest BCUT2D eigenvalue weighted by Crippen LogP contribution is -2.30. The van der Waals surface area contributed by atoms with Crippen LogP contribution in [-0.2, 0) is 9.59 Å². The van der Waals surface area contributed by atoms with Crippen molar-refractivity contribution in [2.45, 2.75) is 4.90 Å². The lowest BCUT2D eigenvalue weighted by atomic mass is 10.3. The first kappa shape index (κ1) is 15.8. The van der Waals surface area contributed by atoms with E-state index < -0.39 is 11.8 Å². The van der Waals surface area contributed by atoms with Crippen molar-refractivity contribution in [3.05, 3.63) is 59.6 Å². The van der Waals surface area contributed by atoms with Gasteiger partial charge >= 0.3 is 11.8 Å². The molecule has 0 aliphatic rings. The normalized spacial score (nSPS) is 9.95. The van der Waals surface area contributed by atoms with Gasteiger partial charge in [-0.05, 0) is 47.2 Å². The van der Waals surface area contributed by atoms with E-state index in [1.54, 1.807) is 36.4 Å². The maximum absolute atomic E-state index is 11.6. The van der Waals surface area contributed by atoms with Crippen molar-refractivity contribution in [2.75, 3.05) is 5.32 Å². The number of carbonyl (C=O) groups excluding carboxylic acids is 2. The van der Waals surface area contributed by atoms with Crippen LogP contribution in [0.15, 0.2) is 59.5 Å². The minimum Gasteiger partial charge on any atom is -0.318 e. The fraction of sp³-hybridized carbons (Fsp3) is 0. The number of amides is 2. The third kappa shape index (κ3) is 5.34. The Hall–Kier alpha value is -1.63. The van der Waals surface area contributed by atoms with Gasteiger partial charge in [-0.3, -0.25) is 14.3 Å². The summed E-state index contributed by atoms with van der Waals surface area (Å²) in [4.78, 5) is 24.2. The van der Waals surface area contributed by atoms with E-state index >= 15 is 0 Å². The van der Waals surface area contributed by atoms with Gasteiger partial charge in [-0.15, -0.1) is 0 Å². The molecule has 0 aliphatic heterocycles. The summed E-state index contributed by atoms with van der Waals surface area (Å²) in [6.45, 7) is 0. The molecular formula is C14H11ClN2O2S2. The molecule has 0 aromatic heterocycles. The number of para-hydroxylation sites is 1. The van der Waals surface area contributed by atoms with Crippen molar-refractivity contribution in [1.82, 2.24) is 4.72 Å². The number of anilines is 1. The molecule has 0 aliphatic carbocycles. The molecule has 0 spiro atoms. The van der Waals surface area contributed by atoms with Gasteiger partial charge in [0.15, 0.2) is 0 Å². The molecular weight excluding hydrogens is 328 g/mol. The Morgan fingerprint density at radius 1 is 0.905 bits per heavy atom. The molecule has 2 aromatic carbocycles. The molecule has 0 heterocycles. The summed E-state index contributed by atoms with van der Waals surface area (Å²) in [5.41, 5.74) is 0.577. The second-order valence-corrected chi connectivity index (χ2v) is 6.32. The molecule has 4 nitrogen and oxygen atoms in total. The van der Waals surface area contributed by atoms with Crippen molar-refractivity contribution in [1.29, 1.82) is 0 Å². The van der Waals surface area contributed by atoms with E-state index in [1.807, 2.05) is 18.2 Å². The highest BCUT2D eigenvalue weighted by atomic mass is 35.5. The van der Waals surface area contributed by atoms with E-state index in [0.717, 1.165) is 15.9 Å². The van der Waals surface area contributed by atoms with Crippen molar-refractivity contribution in [3.8, 4) is 0 Å². The molecule has 2 aromatic rings. The predicted octanol–water partition coefficient (Wildman–Crippen LogP) is 3.75. The number of carbonyl (C=O) groups is 2. The first-order valence-corrected chi connectivity index (χ1v) is 8.43. The molecule has 21 heavy (non-hydrogen) atoms. The molecule has 2 rings (SSSR count). The highest BCUT2D eigenvalue weighted by molar-refractivity contribution is 8.76. The Morgan fingerprint density at radius 3 is 2.24 bits per heavy atom. The van der Waals surface area contributed by atoms with Crippen LogP contribution in [0.4, 0.5) is 5.69 Å². The maximum Gasteiger partial charge on any atom is 0.320 e. The van der Waals surface area contributed by atoms with Crippen LogP contribution in [-0.4, -0.2) is 11.8 Å². The number of rotatable bonds is 4. The Balaban J connectivity index is 1.76. The number of halogens is 1. The molecule has 2 N–H and O–H groups in total. The summed E-state index contributed by atoms with van der Waals surface area (Å²) in [6, 6.07) is 16.0. The standard InChI is InChI=1S/C14H11ClN2O2S2/c15-10-6-8-12(9-7-10)20-21-17-14(19)13(18)16-11-4-2-1-3-5-11/h1-9H,(H,16,18)(H,17,19). The van der Waals surface area contributed by atoms with Gasteiger partial charge in [-0.1, -0.05) is 29.8 Å². The third-order valence-corrected chi connectivity index (χ3v) is 4.47. The molecule has 0 bridgehead atoms. The zero-order valence-electron chi connectivity index (χ0n) is 10.7. The van der Waals surface area contributed by atoms with E-state index in [1.165, 1.54) is 10.8 Å².